The van der Waals surface area contributed by atoms with Gasteiger partial charge in [0.1, 0.15) is 0 Å². The first kappa shape index (κ1) is 14.8. The highest BCUT2D eigenvalue weighted by atomic mass is 35.5. The Hall–Kier alpha value is -0.280. The Morgan fingerprint density at radius 3 is 2.59 bits per heavy atom. The fourth-order valence-electron chi connectivity index (χ4n) is 2.98. The van der Waals surface area contributed by atoms with Gasteiger partial charge in [-0.15, -0.1) is 12.4 Å². The van der Waals surface area contributed by atoms with Gasteiger partial charge in [0.25, 0.3) is 0 Å². The van der Waals surface area contributed by atoms with E-state index in [1.165, 1.54) is 32.1 Å². The van der Waals surface area contributed by atoms with E-state index in [-0.39, 0.29) is 18.3 Å². The molecule has 2 aliphatic rings. The van der Waals surface area contributed by atoms with Crippen molar-refractivity contribution >= 4 is 18.3 Å². The summed E-state index contributed by atoms with van der Waals surface area (Å²) in [5, 5.41) is 6.61. The van der Waals surface area contributed by atoms with Crippen LogP contribution in [0.5, 0.6) is 0 Å². The minimum atomic E-state index is 0. The first-order valence-electron chi connectivity index (χ1n) is 6.78. The summed E-state index contributed by atoms with van der Waals surface area (Å²) in [5.41, 5.74) is 0. The van der Waals surface area contributed by atoms with Crippen molar-refractivity contribution in [1.82, 2.24) is 10.6 Å². The van der Waals surface area contributed by atoms with Gasteiger partial charge in [-0.05, 0) is 45.1 Å². The molecule has 2 unspecified atom stereocenters. The van der Waals surface area contributed by atoms with Gasteiger partial charge in [-0.1, -0.05) is 12.8 Å². The molecular weight excluding hydrogens is 236 g/mol. The van der Waals surface area contributed by atoms with Crippen LogP contribution in [-0.4, -0.2) is 24.5 Å². The molecule has 2 fully saturated rings. The van der Waals surface area contributed by atoms with Gasteiger partial charge < -0.3 is 10.6 Å². The zero-order chi connectivity index (χ0) is 11.4. The number of amides is 1. The number of carbonyl (C=O) groups is 1. The van der Waals surface area contributed by atoms with Gasteiger partial charge in [0.05, 0.1) is 0 Å². The smallest absolute Gasteiger partial charge is 0.220 e. The topological polar surface area (TPSA) is 41.1 Å². The van der Waals surface area contributed by atoms with Crippen molar-refractivity contribution in [2.75, 3.05) is 6.54 Å². The van der Waals surface area contributed by atoms with Gasteiger partial charge in [-0.3, -0.25) is 4.79 Å². The predicted molar refractivity (Wildman–Crippen MR) is 72.5 cm³/mol. The van der Waals surface area contributed by atoms with E-state index < -0.39 is 0 Å². The normalized spacial score (nSPS) is 29.7. The standard InChI is InChI=1S/C13H24N2O.ClH/c1-10-12(7-4-8-14-10)15-13(16)9-11-5-2-3-6-11;/h10-12,14H,2-9H2,1H3,(H,15,16);1H. The van der Waals surface area contributed by atoms with Crippen molar-refractivity contribution in [3.8, 4) is 0 Å². The summed E-state index contributed by atoms with van der Waals surface area (Å²) in [5.74, 6) is 0.930. The number of rotatable bonds is 3. The first-order chi connectivity index (χ1) is 7.75. The second-order valence-electron chi connectivity index (χ2n) is 5.41. The predicted octanol–water partition coefficient (Wildman–Crippen LogP) is 2.25. The summed E-state index contributed by atoms with van der Waals surface area (Å²) in [7, 11) is 0. The number of hydrogen-bond donors (Lipinski definition) is 2. The van der Waals surface area contributed by atoms with Crippen molar-refractivity contribution in [3.63, 3.8) is 0 Å². The van der Waals surface area contributed by atoms with Crippen LogP contribution in [0.4, 0.5) is 0 Å². The highest BCUT2D eigenvalue weighted by Gasteiger charge is 2.24. The summed E-state index contributed by atoms with van der Waals surface area (Å²) >= 11 is 0. The lowest BCUT2D eigenvalue weighted by atomic mass is 9.98. The Bertz CT molecular complexity index is 242. The lowest BCUT2D eigenvalue weighted by Crippen LogP contribution is -2.52. The molecule has 17 heavy (non-hydrogen) atoms. The zero-order valence-corrected chi connectivity index (χ0v) is 11.5. The average molecular weight is 261 g/mol. The van der Waals surface area contributed by atoms with E-state index >= 15 is 0 Å². The highest BCUT2D eigenvalue weighted by Crippen LogP contribution is 2.27. The maximum atomic E-state index is 11.9. The van der Waals surface area contributed by atoms with Crippen LogP contribution in [0.25, 0.3) is 0 Å². The molecule has 0 aromatic carbocycles. The number of halogens is 1. The van der Waals surface area contributed by atoms with Crippen molar-refractivity contribution in [1.29, 1.82) is 0 Å². The third kappa shape index (κ3) is 4.47. The third-order valence-corrected chi connectivity index (χ3v) is 4.06. The Balaban J connectivity index is 0.00000144. The minimum absolute atomic E-state index is 0. The zero-order valence-electron chi connectivity index (χ0n) is 10.7. The van der Waals surface area contributed by atoms with E-state index in [4.69, 9.17) is 0 Å². The monoisotopic (exact) mass is 260 g/mol. The Kier molecular flexibility index (Phi) is 6.28. The first-order valence-corrected chi connectivity index (χ1v) is 6.78. The maximum absolute atomic E-state index is 11.9. The van der Waals surface area contributed by atoms with Gasteiger partial charge in [0.15, 0.2) is 0 Å². The van der Waals surface area contributed by atoms with E-state index in [0.29, 0.717) is 18.0 Å². The second kappa shape index (κ2) is 7.22. The highest BCUT2D eigenvalue weighted by molar-refractivity contribution is 5.85. The Morgan fingerprint density at radius 2 is 1.94 bits per heavy atom. The number of carbonyl (C=O) groups excluding carboxylic acids is 1. The number of hydrogen-bond acceptors (Lipinski definition) is 2. The van der Waals surface area contributed by atoms with Crippen LogP contribution >= 0.6 is 12.4 Å². The van der Waals surface area contributed by atoms with Gasteiger partial charge in [-0.2, -0.15) is 0 Å². The average Bonchev–Trinajstić information content (AvgIpc) is 2.74. The van der Waals surface area contributed by atoms with Crippen LogP contribution in [0, 0.1) is 5.92 Å². The number of piperidine rings is 1. The van der Waals surface area contributed by atoms with E-state index in [9.17, 15) is 4.79 Å². The number of nitrogens with one attached hydrogen (secondary N) is 2. The molecule has 1 saturated heterocycles. The van der Waals surface area contributed by atoms with Gasteiger partial charge in [-0.25, -0.2) is 0 Å². The summed E-state index contributed by atoms with van der Waals surface area (Å²) < 4.78 is 0. The lowest BCUT2D eigenvalue weighted by Gasteiger charge is -2.31. The van der Waals surface area contributed by atoms with Crippen molar-refractivity contribution in [2.45, 2.75) is 64.0 Å². The SMILES string of the molecule is CC1NCCCC1NC(=O)CC1CCCC1.Cl. The lowest BCUT2D eigenvalue weighted by molar-refractivity contribution is -0.123. The van der Waals surface area contributed by atoms with Crippen LogP contribution in [0.15, 0.2) is 0 Å². The molecule has 1 aliphatic carbocycles. The van der Waals surface area contributed by atoms with Gasteiger partial charge >= 0.3 is 0 Å². The second-order valence-corrected chi connectivity index (χ2v) is 5.41. The molecule has 0 radical (unpaired) electrons. The molecule has 0 bridgehead atoms. The molecule has 4 heteroatoms. The molecule has 1 saturated carbocycles. The van der Waals surface area contributed by atoms with E-state index in [2.05, 4.69) is 17.6 Å². The summed E-state index contributed by atoms with van der Waals surface area (Å²) in [6, 6.07) is 0.781. The molecule has 2 atom stereocenters. The van der Waals surface area contributed by atoms with Crippen LogP contribution < -0.4 is 10.6 Å². The van der Waals surface area contributed by atoms with Crippen LogP contribution in [0.1, 0.15) is 51.9 Å². The molecule has 100 valence electrons. The largest absolute Gasteiger partial charge is 0.352 e. The fraction of sp³-hybridized carbons (Fsp3) is 0.923. The van der Waals surface area contributed by atoms with E-state index in [1.54, 1.807) is 0 Å². The minimum Gasteiger partial charge on any atom is -0.352 e. The summed E-state index contributed by atoms with van der Waals surface area (Å²) in [6.07, 6.45) is 8.21. The van der Waals surface area contributed by atoms with Crippen LogP contribution in [0.3, 0.4) is 0 Å². The van der Waals surface area contributed by atoms with Crippen LogP contribution in [0.2, 0.25) is 0 Å². The summed E-state index contributed by atoms with van der Waals surface area (Å²) in [6.45, 7) is 3.26. The van der Waals surface area contributed by atoms with E-state index in [1.807, 2.05) is 0 Å². The molecule has 2 N–H and O–H groups in total. The van der Waals surface area contributed by atoms with Crippen LogP contribution in [-0.2, 0) is 4.79 Å². The molecule has 1 aliphatic heterocycles. The van der Waals surface area contributed by atoms with Gasteiger partial charge in [0, 0.05) is 18.5 Å². The maximum Gasteiger partial charge on any atom is 0.220 e. The molecule has 3 nitrogen and oxygen atoms in total. The molecule has 1 amide bonds. The molecule has 1 heterocycles. The Morgan fingerprint density at radius 1 is 1.24 bits per heavy atom. The molecule has 2 rings (SSSR count). The third-order valence-electron chi connectivity index (χ3n) is 4.06. The quantitative estimate of drug-likeness (QED) is 0.817. The fourth-order valence-corrected chi connectivity index (χ4v) is 2.98. The van der Waals surface area contributed by atoms with Crippen molar-refractivity contribution in [3.05, 3.63) is 0 Å². The molecule has 0 aromatic rings. The molecule has 0 aromatic heterocycles. The molecule has 0 spiro atoms. The van der Waals surface area contributed by atoms with Crippen molar-refractivity contribution in [2.24, 2.45) is 5.92 Å². The summed E-state index contributed by atoms with van der Waals surface area (Å²) in [4.78, 5) is 11.9. The molecular formula is C13H25ClN2O. The van der Waals surface area contributed by atoms with Crippen molar-refractivity contribution < 1.29 is 4.79 Å². The van der Waals surface area contributed by atoms with Gasteiger partial charge in [0.2, 0.25) is 5.91 Å². The Labute approximate surface area is 111 Å². The van der Waals surface area contributed by atoms with E-state index in [0.717, 1.165) is 19.4 Å².